The van der Waals surface area contributed by atoms with Crippen LogP contribution in [0.2, 0.25) is 0 Å². The van der Waals surface area contributed by atoms with Crippen LogP contribution >= 0.6 is 0 Å². The molecule has 0 bridgehead atoms. The molecule has 0 atom stereocenters. The molecule has 1 rings (SSSR count). The first-order valence-electron chi connectivity index (χ1n) is 3.68. The second kappa shape index (κ2) is 3.75. The van der Waals surface area contributed by atoms with Crippen LogP contribution in [0.1, 0.15) is 0 Å². The monoisotopic (exact) mass is 182 g/mol. The van der Waals surface area contributed by atoms with Crippen LogP contribution in [-0.4, -0.2) is 13.0 Å². The summed E-state index contributed by atoms with van der Waals surface area (Å²) in [5, 5.41) is 3.26. The van der Waals surface area contributed by atoms with E-state index >= 15 is 0 Å². The fourth-order valence-corrected chi connectivity index (χ4v) is 0.934. The SMILES string of the molecule is CN(C(N)=NN)c1ccccc1F. The fraction of sp³-hybridized carbons (Fsp3) is 0.125. The van der Waals surface area contributed by atoms with Crippen LogP contribution in [0.5, 0.6) is 0 Å². The molecule has 0 aromatic heterocycles. The van der Waals surface area contributed by atoms with E-state index in [4.69, 9.17) is 11.6 Å². The van der Waals surface area contributed by atoms with Gasteiger partial charge in [-0.1, -0.05) is 12.1 Å². The summed E-state index contributed by atoms with van der Waals surface area (Å²) in [6.07, 6.45) is 0. The van der Waals surface area contributed by atoms with Crippen LogP contribution in [0, 0.1) is 5.82 Å². The van der Waals surface area contributed by atoms with Crippen molar-refractivity contribution < 1.29 is 4.39 Å². The van der Waals surface area contributed by atoms with Crippen LogP contribution < -0.4 is 16.5 Å². The van der Waals surface area contributed by atoms with Crippen LogP contribution in [0.25, 0.3) is 0 Å². The van der Waals surface area contributed by atoms with E-state index in [1.165, 1.54) is 11.0 Å². The highest BCUT2D eigenvalue weighted by molar-refractivity contribution is 5.94. The zero-order valence-corrected chi connectivity index (χ0v) is 7.24. The Morgan fingerprint density at radius 1 is 1.46 bits per heavy atom. The number of nitrogens with zero attached hydrogens (tertiary/aromatic N) is 2. The van der Waals surface area contributed by atoms with Crippen molar-refractivity contribution in [1.29, 1.82) is 0 Å². The molecule has 0 fully saturated rings. The topological polar surface area (TPSA) is 67.6 Å². The Morgan fingerprint density at radius 3 is 2.62 bits per heavy atom. The summed E-state index contributed by atoms with van der Waals surface area (Å²) < 4.78 is 13.1. The zero-order chi connectivity index (χ0) is 9.84. The average molecular weight is 182 g/mol. The second-order valence-electron chi connectivity index (χ2n) is 2.50. The first kappa shape index (κ1) is 9.31. The lowest BCUT2D eigenvalue weighted by atomic mass is 10.3. The summed E-state index contributed by atoms with van der Waals surface area (Å²) >= 11 is 0. The van der Waals surface area contributed by atoms with E-state index in [2.05, 4.69) is 5.10 Å². The van der Waals surface area contributed by atoms with Crippen LogP contribution in [0.4, 0.5) is 10.1 Å². The van der Waals surface area contributed by atoms with Gasteiger partial charge in [-0.3, -0.25) is 0 Å². The molecule has 4 nitrogen and oxygen atoms in total. The maximum Gasteiger partial charge on any atom is 0.217 e. The van der Waals surface area contributed by atoms with Crippen molar-refractivity contribution in [1.82, 2.24) is 0 Å². The molecule has 0 spiro atoms. The molecule has 0 amide bonds. The van der Waals surface area contributed by atoms with Crippen molar-refractivity contribution >= 4 is 11.6 Å². The van der Waals surface area contributed by atoms with Gasteiger partial charge in [-0.2, -0.15) is 0 Å². The molecular formula is C8H11FN4. The van der Waals surface area contributed by atoms with E-state index in [1.54, 1.807) is 25.2 Å². The number of rotatable bonds is 1. The maximum atomic E-state index is 13.1. The molecule has 0 aliphatic carbocycles. The number of halogens is 1. The number of hydrazone groups is 1. The van der Waals surface area contributed by atoms with Crippen molar-refractivity contribution in [2.75, 3.05) is 11.9 Å². The van der Waals surface area contributed by atoms with Gasteiger partial charge in [0, 0.05) is 7.05 Å². The lowest BCUT2D eigenvalue weighted by Gasteiger charge is -2.17. The van der Waals surface area contributed by atoms with Crippen LogP contribution in [-0.2, 0) is 0 Å². The quantitative estimate of drug-likeness (QED) is 0.287. The third-order valence-corrected chi connectivity index (χ3v) is 1.69. The van der Waals surface area contributed by atoms with Gasteiger partial charge in [0.05, 0.1) is 5.69 Å². The average Bonchev–Trinajstić information content (AvgIpc) is 2.16. The van der Waals surface area contributed by atoms with Crippen molar-refractivity contribution in [2.24, 2.45) is 16.7 Å². The standard InChI is InChI=1S/C8H11FN4/c1-13(8(10)12-11)7-5-3-2-4-6(7)9/h2-5H,11H2,1H3,(H2,10,12). The molecule has 0 radical (unpaired) electrons. The molecular weight excluding hydrogens is 171 g/mol. The van der Waals surface area contributed by atoms with Gasteiger partial charge in [-0.15, -0.1) is 5.10 Å². The van der Waals surface area contributed by atoms with Gasteiger partial charge in [-0.05, 0) is 12.1 Å². The number of hydrogen-bond donors (Lipinski definition) is 2. The highest BCUT2D eigenvalue weighted by Gasteiger charge is 2.08. The third-order valence-electron chi connectivity index (χ3n) is 1.69. The molecule has 0 aliphatic heterocycles. The van der Waals surface area contributed by atoms with Crippen LogP contribution in [0.3, 0.4) is 0 Å². The number of guanidine groups is 1. The molecule has 4 N–H and O–H groups in total. The fourth-order valence-electron chi connectivity index (χ4n) is 0.934. The van der Waals surface area contributed by atoms with E-state index in [-0.39, 0.29) is 11.8 Å². The van der Waals surface area contributed by atoms with Gasteiger partial charge in [-0.25, -0.2) is 4.39 Å². The Bertz CT molecular complexity index is 324. The first-order valence-corrected chi connectivity index (χ1v) is 3.68. The molecule has 0 saturated carbocycles. The lowest BCUT2D eigenvalue weighted by Crippen LogP contribution is -2.35. The molecule has 13 heavy (non-hydrogen) atoms. The molecule has 0 aliphatic rings. The summed E-state index contributed by atoms with van der Waals surface area (Å²) in [5.41, 5.74) is 5.74. The van der Waals surface area contributed by atoms with Crippen LogP contribution in [0.15, 0.2) is 29.4 Å². The molecule has 0 saturated heterocycles. The van der Waals surface area contributed by atoms with E-state index in [0.29, 0.717) is 5.69 Å². The minimum absolute atomic E-state index is 0.0603. The van der Waals surface area contributed by atoms with E-state index in [1.807, 2.05) is 0 Å². The lowest BCUT2D eigenvalue weighted by molar-refractivity contribution is 0.628. The highest BCUT2D eigenvalue weighted by Crippen LogP contribution is 2.16. The van der Waals surface area contributed by atoms with Gasteiger partial charge in [0.25, 0.3) is 0 Å². The minimum Gasteiger partial charge on any atom is -0.368 e. The Labute approximate surface area is 75.6 Å². The van der Waals surface area contributed by atoms with Gasteiger partial charge in [0.2, 0.25) is 5.96 Å². The van der Waals surface area contributed by atoms with Gasteiger partial charge >= 0.3 is 0 Å². The van der Waals surface area contributed by atoms with E-state index < -0.39 is 0 Å². The van der Waals surface area contributed by atoms with Gasteiger partial charge in [0.1, 0.15) is 5.82 Å². The first-order chi connectivity index (χ1) is 6.16. The van der Waals surface area contributed by atoms with Crippen molar-refractivity contribution in [2.45, 2.75) is 0 Å². The highest BCUT2D eigenvalue weighted by atomic mass is 19.1. The van der Waals surface area contributed by atoms with Crippen molar-refractivity contribution in [3.05, 3.63) is 30.1 Å². The zero-order valence-electron chi connectivity index (χ0n) is 7.24. The molecule has 5 heteroatoms. The molecule has 1 aromatic rings. The predicted molar refractivity (Wildman–Crippen MR) is 50.6 cm³/mol. The normalized spacial score (nSPS) is 11.4. The summed E-state index contributed by atoms with van der Waals surface area (Å²) in [6, 6.07) is 6.24. The minimum atomic E-state index is -0.364. The molecule has 70 valence electrons. The number of benzene rings is 1. The molecule has 0 heterocycles. The van der Waals surface area contributed by atoms with Crippen molar-refractivity contribution in [3.8, 4) is 0 Å². The Morgan fingerprint density at radius 2 is 2.08 bits per heavy atom. The maximum absolute atomic E-state index is 13.1. The second-order valence-corrected chi connectivity index (χ2v) is 2.50. The summed E-state index contributed by atoms with van der Waals surface area (Å²) in [4.78, 5) is 1.37. The van der Waals surface area contributed by atoms with Gasteiger partial charge < -0.3 is 16.5 Å². The third kappa shape index (κ3) is 1.87. The molecule has 1 aromatic carbocycles. The van der Waals surface area contributed by atoms with Gasteiger partial charge in [0.15, 0.2) is 0 Å². The number of anilines is 1. The largest absolute Gasteiger partial charge is 0.368 e. The summed E-state index contributed by atoms with van der Waals surface area (Å²) in [5.74, 6) is 4.66. The number of nitrogens with two attached hydrogens (primary N) is 2. The number of para-hydroxylation sites is 1. The van der Waals surface area contributed by atoms with E-state index in [9.17, 15) is 4.39 Å². The van der Waals surface area contributed by atoms with E-state index in [0.717, 1.165) is 0 Å². The number of hydrogen-bond acceptors (Lipinski definition) is 2. The Balaban J connectivity index is 3.02. The summed E-state index contributed by atoms with van der Waals surface area (Å²) in [7, 11) is 1.59. The summed E-state index contributed by atoms with van der Waals surface area (Å²) in [6.45, 7) is 0. The Kier molecular flexibility index (Phi) is 2.69. The smallest absolute Gasteiger partial charge is 0.217 e. The molecule has 0 unspecified atom stereocenters. The Hall–Kier alpha value is -1.78. The predicted octanol–water partition coefficient (Wildman–Crippen LogP) is 0.450. The van der Waals surface area contributed by atoms with Crippen molar-refractivity contribution in [3.63, 3.8) is 0 Å².